The number of carbonyl (C=O) groups is 2. The van der Waals surface area contributed by atoms with Gasteiger partial charge < -0.3 is 14.8 Å². The van der Waals surface area contributed by atoms with Gasteiger partial charge in [0.1, 0.15) is 11.5 Å². The van der Waals surface area contributed by atoms with Crippen molar-refractivity contribution in [3.05, 3.63) is 100 Å². The summed E-state index contributed by atoms with van der Waals surface area (Å²) in [4.78, 5) is 32.3. The van der Waals surface area contributed by atoms with Crippen molar-refractivity contribution >= 4 is 34.0 Å². The van der Waals surface area contributed by atoms with Gasteiger partial charge in [-0.05, 0) is 60.7 Å². The highest BCUT2D eigenvalue weighted by Crippen LogP contribution is 2.46. The molecule has 0 aliphatic carbocycles. The molecule has 39 heavy (non-hydrogen) atoms. The number of ether oxygens (including phenoxy) is 1. The highest BCUT2D eigenvalue weighted by molar-refractivity contribution is 6.52. The third kappa shape index (κ3) is 4.40. The zero-order chi connectivity index (χ0) is 28.1. The molecule has 1 saturated heterocycles. The molecule has 1 unspecified atom stereocenters. The number of aliphatic hydroxyl groups is 1. The van der Waals surface area contributed by atoms with Crippen molar-refractivity contribution in [3.8, 4) is 5.75 Å². The van der Waals surface area contributed by atoms with Crippen LogP contribution in [0.2, 0.25) is 0 Å². The monoisotopic (exact) mass is 522 g/mol. The predicted molar refractivity (Wildman–Crippen MR) is 155 cm³/mol. The zero-order valence-corrected chi connectivity index (χ0v) is 23.3. The Bertz CT molecular complexity index is 1620. The lowest BCUT2D eigenvalue weighted by Gasteiger charge is -2.26. The second-order valence-corrected chi connectivity index (χ2v) is 11.1. The fourth-order valence-corrected chi connectivity index (χ4v) is 5.51. The molecule has 0 saturated carbocycles. The van der Waals surface area contributed by atoms with Gasteiger partial charge in [-0.2, -0.15) is 0 Å². The van der Waals surface area contributed by atoms with Crippen LogP contribution in [0.25, 0.3) is 16.7 Å². The van der Waals surface area contributed by atoms with Crippen molar-refractivity contribution in [2.45, 2.75) is 52.5 Å². The Morgan fingerprint density at radius 2 is 1.72 bits per heavy atom. The molecule has 1 aliphatic rings. The van der Waals surface area contributed by atoms with Gasteiger partial charge in [0.2, 0.25) is 0 Å². The minimum Gasteiger partial charge on any atom is -0.507 e. The van der Waals surface area contributed by atoms with E-state index in [1.807, 2.05) is 61.5 Å². The molecule has 6 heteroatoms. The van der Waals surface area contributed by atoms with E-state index < -0.39 is 17.7 Å². The van der Waals surface area contributed by atoms with Crippen LogP contribution in [0, 0.1) is 6.92 Å². The normalized spacial score (nSPS) is 17.3. The van der Waals surface area contributed by atoms with Crippen LogP contribution in [-0.4, -0.2) is 28.9 Å². The number of para-hydroxylation sites is 1. The van der Waals surface area contributed by atoms with Crippen LogP contribution in [0.1, 0.15) is 61.7 Å². The molecule has 1 amide bonds. The van der Waals surface area contributed by atoms with Gasteiger partial charge >= 0.3 is 0 Å². The van der Waals surface area contributed by atoms with Crippen LogP contribution in [0.5, 0.6) is 5.75 Å². The third-order valence-corrected chi connectivity index (χ3v) is 7.56. The summed E-state index contributed by atoms with van der Waals surface area (Å²) in [6.07, 6.45) is 0.859. The summed E-state index contributed by atoms with van der Waals surface area (Å²) in [6, 6.07) is 20.0. The number of benzene rings is 3. The molecule has 0 bridgehead atoms. The van der Waals surface area contributed by atoms with E-state index in [4.69, 9.17) is 4.74 Å². The van der Waals surface area contributed by atoms with Crippen LogP contribution < -0.4 is 9.64 Å². The number of amides is 1. The Kier molecular flexibility index (Phi) is 6.59. The number of nitrogens with zero attached hydrogens (tertiary/aromatic N) is 1. The number of aliphatic hydroxyl groups excluding tert-OH is 1. The van der Waals surface area contributed by atoms with Gasteiger partial charge in [-0.25, -0.2) is 0 Å². The number of methoxy groups -OCH3 is 1. The Morgan fingerprint density at radius 3 is 2.36 bits per heavy atom. The van der Waals surface area contributed by atoms with Crippen LogP contribution >= 0.6 is 0 Å². The number of anilines is 1. The van der Waals surface area contributed by atoms with E-state index in [-0.39, 0.29) is 16.7 Å². The van der Waals surface area contributed by atoms with Crippen LogP contribution in [0.4, 0.5) is 5.69 Å². The number of fused-ring (bicyclic) bond motifs is 1. The summed E-state index contributed by atoms with van der Waals surface area (Å²) >= 11 is 0. The number of aryl methyl sites for hydroxylation is 2. The lowest BCUT2D eigenvalue weighted by atomic mass is 9.84. The lowest BCUT2D eigenvalue weighted by Crippen LogP contribution is -2.29. The molecule has 1 fully saturated rings. The highest BCUT2D eigenvalue weighted by atomic mass is 16.5. The number of nitrogens with one attached hydrogen (secondary N) is 1. The zero-order valence-electron chi connectivity index (χ0n) is 23.3. The first-order valence-electron chi connectivity index (χ1n) is 13.2. The van der Waals surface area contributed by atoms with Crippen molar-refractivity contribution in [1.82, 2.24) is 4.98 Å². The molecular weight excluding hydrogens is 488 g/mol. The molecule has 200 valence electrons. The summed E-state index contributed by atoms with van der Waals surface area (Å²) in [6.45, 7) is 10.2. The summed E-state index contributed by atoms with van der Waals surface area (Å²) in [5.41, 5.74) is 5.39. The smallest absolute Gasteiger partial charge is 0.300 e. The van der Waals surface area contributed by atoms with Gasteiger partial charge in [-0.3, -0.25) is 14.5 Å². The molecule has 5 rings (SSSR count). The van der Waals surface area contributed by atoms with Gasteiger partial charge in [0.05, 0.1) is 18.7 Å². The Balaban J connectivity index is 1.79. The molecule has 2 heterocycles. The van der Waals surface area contributed by atoms with Crippen LogP contribution in [0.15, 0.2) is 72.3 Å². The molecule has 0 radical (unpaired) electrons. The van der Waals surface area contributed by atoms with Gasteiger partial charge in [-0.15, -0.1) is 0 Å². The van der Waals surface area contributed by atoms with Crippen molar-refractivity contribution in [3.63, 3.8) is 0 Å². The second-order valence-electron chi connectivity index (χ2n) is 11.1. The number of hydrogen-bond donors (Lipinski definition) is 2. The van der Waals surface area contributed by atoms with Crippen molar-refractivity contribution in [2.75, 3.05) is 12.0 Å². The first-order valence-corrected chi connectivity index (χ1v) is 13.2. The van der Waals surface area contributed by atoms with E-state index in [1.54, 1.807) is 19.2 Å². The van der Waals surface area contributed by atoms with E-state index >= 15 is 0 Å². The van der Waals surface area contributed by atoms with E-state index in [0.717, 1.165) is 39.7 Å². The van der Waals surface area contributed by atoms with Crippen LogP contribution in [-0.2, 0) is 21.4 Å². The Morgan fingerprint density at radius 1 is 1.03 bits per heavy atom. The SMILES string of the molecule is CCc1ccc(N2C(=O)C(=O)/C(=C(/O)c3ccc(OC)c(C(C)(C)C)c3)C2c2c(C)[nH]c3ccccc23)cc1. The van der Waals surface area contributed by atoms with Gasteiger partial charge in [-0.1, -0.05) is 58.0 Å². The minimum atomic E-state index is -0.811. The van der Waals surface area contributed by atoms with Crippen LogP contribution in [0.3, 0.4) is 0 Å². The van der Waals surface area contributed by atoms with Crippen molar-refractivity contribution < 1.29 is 19.4 Å². The maximum atomic E-state index is 13.7. The molecule has 1 atom stereocenters. The number of aromatic nitrogens is 1. The van der Waals surface area contributed by atoms with Crippen molar-refractivity contribution in [1.29, 1.82) is 0 Å². The summed E-state index contributed by atoms with van der Waals surface area (Å²) in [5.74, 6) is -0.890. The third-order valence-electron chi connectivity index (χ3n) is 7.56. The Labute approximate surface area is 228 Å². The molecule has 1 aliphatic heterocycles. The topological polar surface area (TPSA) is 82.6 Å². The number of Topliss-reactive ketones (excluding diaryl/α,β-unsaturated/α-hetero) is 1. The molecule has 2 N–H and O–H groups in total. The number of ketones is 1. The van der Waals surface area contributed by atoms with E-state index in [1.165, 1.54) is 4.90 Å². The number of carbonyl (C=O) groups excluding carboxylic acids is 2. The second kappa shape index (κ2) is 9.77. The summed E-state index contributed by atoms with van der Waals surface area (Å²) in [7, 11) is 1.61. The molecule has 1 aromatic heterocycles. The van der Waals surface area contributed by atoms with E-state index in [0.29, 0.717) is 17.0 Å². The Hall–Kier alpha value is -4.32. The first kappa shape index (κ1) is 26.3. The van der Waals surface area contributed by atoms with E-state index in [2.05, 4.69) is 32.7 Å². The van der Waals surface area contributed by atoms with Gasteiger partial charge in [0.25, 0.3) is 11.7 Å². The van der Waals surface area contributed by atoms with Gasteiger partial charge in [0.15, 0.2) is 0 Å². The molecule has 0 spiro atoms. The molecule has 3 aromatic carbocycles. The minimum absolute atomic E-state index is 0.0671. The maximum absolute atomic E-state index is 13.7. The quantitative estimate of drug-likeness (QED) is 0.168. The largest absolute Gasteiger partial charge is 0.507 e. The fourth-order valence-electron chi connectivity index (χ4n) is 5.51. The lowest BCUT2D eigenvalue weighted by molar-refractivity contribution is -0.132. The molecular formula is C33H34N2O4. The summed E-state index contributed by atoms with van der Waals surface area (Å²) < 4.78 is 5.58. The number of H-pyrrole nitrogens is 1. The molecule has 6 nitrogen and oxygen atoms in total. The van der Waals surface area contributed by atoms with Crippen molar-refractivity contribution in [2.24, 2.45) is 0 Å². The molecule has 4 aromatic rings. The highest BCUT2D eigenvalue weighted by Gasteiger charge is 2.48. The number of rotatable bonds is 5. The maximum Gasteiger partial charge on any atom is 0.300 e. The summed E-state index contributed by atoms with van der Waals surface area (Å²) in [5, 5.41) is 12.7. The fraction of sp³-hybridized carbons (Fsp3) is 0.273. The predicted octanol–water partition coefficient (Wildman–Crippen LogP) is 6.97. The number of hydrogen-bond acceptors (Lipinski definition) is 4. The average Bonchev–Trinajstić information content (AvgIpc) is 3.39. The number of aromatic amines is 1. The average molecular weight is 523 g/mol. The van der Waals surface area contributed by atoms with Gasteiger partial charge in [0, 0.05) is 39.0 Å². The standard InChI is InChI=1S/C33H34N2O4/c1-7-20-12-15-22(16-13-20)35-29(27-19(2)34-25-11-9-8-10-23(25)27)28(31(37)32(35)38)30(36)21-14-17-26(39-6)24(18-21)33(3,4)5/h8-18,29,34,36H,7H2,1-6H3/b30-28+. The van der Waals surface area contributed by atoms with E-state index in [9.17, 15) is 14.7 Å². The first-order chi connectivity index (χ1) is 18.6.